The molecule has 0 saturated heterocycles. The van der Waals surface area contributed by atoms with E-state index in [0.29, 0.717) is 34.5 Å². The van der Waals surface area contributed by atoms with Crippen LogP contribution in [0.15, 0.2) is 24.3 Å². The third kappa shape index (κ3) is 5.34. The number of halogens is 1. The molecule has 2 aromatic rings. The van der Waals surface area contributed by atoms with Crippen LogP contribution in [0.2, 0.25) is 5.02 Å². The van der Waals surface area contributed by atoms with Gasteiger partial charge in [0.25, 0.3) is 0 Å². The first-order chi connectivity index (χ1) is 13.7. The fourth-order valence-corrected chi connectivity index (χ4v) is 3.12. The summed E-state index contributed by atoms with van der Waals surface area (Å²) in [5, 5.41) is 3.53. The van der Waals surface area contributed by atoms with Crippen LogP contribution in [0.1, 0.15) is 23.6 Å². The highest BCUT2D eigenvalue weighted by molar-refractivity contribution is 6.31. The second kappa shape index (κ2) is 9.85. The first-order valence-corrected chi connectivity index (χ1v) is 9.66. The monoisotopic (exact) mass is 420 g/mol. The molecule has 0 saturated carbocycles. The molecule has 6 nitrogen and oxygen atoms in total. The van der Waals surface area contributed by atoms with Crippen molar-refractivity contribution in [3.8, 4) is 17.2 Å². The smallest absolute Gasteiger partial charge is 0.241 e. The van der Waals surface area contributed by atoms with E-state index in [1.807, 2.05) is 50.9 Å². The van der Waals surface area contributed by atoms with Gasteiger partial charge in [0.1, 0.15) is 5.75 Å². The SMILES string of the molecule is COc1cc(Cl)c(C)cc1NC(=O)[C@H](C)N(C)Cc1cc(OC)c(OC)cc1C. The number of hydrogen-bond donors (Lipinski definition) is 1. The van der Waals surface area contributed by atoms with Gasteiger partial charge in [0, 0.05) is 17.6 Å². The number of anilines is 1. The van der Waals surface area contributed by atoms with Crippen molar-refractivity contribution in [2.45, 2.75) is 33.4 Å². The highest BCUT2D eigenvalue weighted by atomic mass is 35.5. The van der Waals surface area contributed by atoms with Crippen LogP contribution in [0.4, 0.5) is 5.69 Å². The van der Waals surface area contributed by atoms with Crippen LogP contribution in [-0.2, 0) is 11.3 Å². The Morgan fingerprint density at radius 2 is 1.59 bits per heavy atom. The largest absolute Gasteiger partial charge is 0.495 e. The Morgan fingerprint density at radius 3 is 2.17 bits per heavy atom. The molecule has 1 atom stereocenters. The quantitative estimate of drug-likeness (QED) is 0.684. The summed E-state index contributed by atoms with van der Waals surface area (Å²) in [7, 11) is 6.68. The number of amides is 1. The maximum Gasteiger partial charge on any atom is 0.241 e. The summed E-state index contributed by atoms with van der Waals surface area (Å²) in [6.07, 6.45) is 0. The minimum Gasteiger partial charge on any atom is -0.495 e. The Kier molecular flexibility index (Phi) is 7.76. The maximum atomic E-state index is 12.8. The highest BCUT2D eigenvalue weighted by Crippen LogP contribution is 2.32. The first-order valence-electron chi connectivity index (χ1n) is 9.28. The Balaban J connectivity index is 2.15. The molecule has 0 fully saturated rings. The van der Waals surface area contributed by atoms with Crippen molar-refractivity contribution in [2.75, 3.05) is 33.7 Å². The molecule has 0 radical (unpaired) electrons. The Hall–Kier alpha value is -2.44. The van der Waals surface area contributed by atoms with Gasteiger partial charge in [-0.05, 0) is 62.7 Å². The van der Waals surface area contributed by atoms with E-state index < -0.39 is 0 Å². The second-order valence-corrected chi connectivity index (χ2v) is 7.42. The average molecular weight is 421 g/mol. The van der Waals surface area contributed by atoms with Crippen molar-refractivity contribution >= 4 is 23.2 Å². The summed E-state index contributed by atoms with van der Waals surface area (Å²) in [5.74, 6) is 1.75. The molecule has 0 unspecified atom stereocenters. The molecule has 0 heterocycles. The zero-order valence-corrected chi connectivity index (χ0v) is 18.8. The van der Waals surface area contributed by atoms with Crippen molar-refractivity contribution in [3.63, 3.8) is 0 Å². The standard InChI is InChI=1S/C22H29ClN2O4/c1-13-9-20(28-6)21(29-7)10-16(13)12-25(4)15(3)22(26)24-18-8-14(2)17(23)11-19(18)27-5/h8-11,15H,12H2,1-7H3,(H,24,26)/t15-/m0/s1. The van der Waals surface area contributed by atoms with Gasteiger partial charge in [-0.1, -0.05) is 11.6 Å². The lowest BCUT2D eigenvalue weighted by molar-refractivity contribution is -0.120. The number of methoxy groups -OCH3 is 3. The van der Waals surface area contributed by atoms with Gasteiger partial charge in [-0.3, -0.25) is 9.69 Å². The number of nitrogens with one attached hydrogen (secondary N) is 1. The van der Waals surface area contributed by atoms with Gasteiger partial charge in [0.05, 0.1) is 33.1 Å². The fraction of sp³-hybridized carbons (Fsp3) is 0.409. The number of carbonyl (C=O) groups is 1. The molecule has 158 valence electrons. The highest BCUT2D eigenvalue weighted by Gasteiger charge is 2.21. The summed E-state index contributed by atoms with van der Waals surface area (Å²) < 4.78 is 16.1. The van der Waals surface area contributed by atoms with E-state index in [0.717, 1.165) is 16.7 Å². The lowest BCUT2D eigenvalue weighted by Crippen LogP contribution is -2.39. The van der Waals surface area contributed by atoms with Crippen molar-refractivity contribution in [1.29, 1.82) is 0 Å². The molecule has 0 aliphatic heterocycles. The summed E-state index contributed by atoms with van der Waals surface area (Å²) in [6, 6.07) is 7.02. The summed E-state index contributed by atoms with van der Waals surface area (Å²) in [4.78, 5) is 14.8. The predicted octanol–water partition coefficient (Wildman–Crippen LogP) is 4.44. The number of benzene rings is 2. The van der Waals surface area contributed by atoms with Crippen LogP contribution in [0.25, 0.3) is 0 Å². The van der Waals surface area contributed by atoms with Gasteiger partial charge >= 0.3 is 0 Å². The predicted molar refractivity (Wildman–Crippen MR) is 117 cm³/mol. The van der Waals surface area contributed by atoms with E-state index >= 15 is 0 Å². The number of aryl methyl sites for hydroxylation is 2. The van der Waals surface area contributed by atoms with Crippen molar-refractivity contribution < 1.29 is 19.0 Å². The van der Waals surface area contributed by atoms with Gasteiger partial charge in [0.15, 0.2) is 11.5 Å². The van der Waals surface area contributed by atoms with Crippen molar-refractivity contribution in [3.05, 3.63) is 46.0 Å². The van der Waals surface area contributed by atoms with E-state index in [1.54, 1.807) is 27.4 Å². The molecular weight excluding hydrogens is 392 g/mol. The van der Waals surface area contributed by atoms with Crippen LogP contribution in [0, 0.1) is 13.8 Å². The zero-order valence-electron chi connectivity index (χ0n) is 18.1. The van der Waals surface area contributed by atoms with E-state index in [9.17, 15) is 4.79 Å². The molecule has 0 aliphatic carbocycles. The lowest BCUT2D eigenvalue weighted by Gasteiger charge is -2.25. The number of carbonyl (C=O) groups excluding carboxylic acids is 1. The molecule has 0 aromatic heterocycles. The van der Waals surface area contributed by atoms with Gasteiger partial charge in [0.2, 0.25) is 5.91 Å². The third-order valence-electron chi connectivity index (χ3n) is 5.04. The van der Waals surface area contributed by atoms with Gasteiger partial charge in [-0.15, -0.1) is 0 Å². The molecule has 0 bridgehead atoms. The van der Waals surface area contributed by atoms with E-state index in [4.69, 9.17) is 25.8 Å². The normalized spacial score (nSPS) is 11.9. The molecule has 0 spiro atoms. The van der Waals surface area contributed by atoms with Crippen molar-refractivity contribution in [1.82, 2.24) is 4.90 Å². The van der Waals surface area contributed by atoms with Crippen LogP contribution in [0.5, 0.6) is 17.2 Å². The first kappa shape index (κ1) is 22.8. The number of hydrogen-bond acceptors (Lipinski definition) is 5. The van der Waals surface area contributed by atoms with Crippen LogP contribution < -0.4 is 19.5 Å². The molecule has 2 aromatic carbocycles. The minimum atomic E-state index is -0.372. The van der Waals surface area contributed by atoms with Gasteiger partial charge in [-0.25, -0.2) is 0 Å². The summed E-state index contributed by atoms with van der Waals surface area (Å²) in [5.41, 5.74) is 3.59. The summed E-state index contributed by atoms with van der Waals surface area (Å²) in [6.45, 7) is 6.34. The van der Waals surface area contributed by atoms with Crippen LogP contribution >= 0.6 is 11.6 Å². The second-order valence-electron chi connectivity index (χ2n) is 7.02. The fourth-order valence-electron chi connectivity index (χ4n) is 2.97. The van der Waals surface area contributed by atoms with Crippen LogP contribution in [0.3, 0.4) is 0 Å². The average Bonchev–Trinajstić information content (AvgIpc) is 2.70. The number of rotatable bonds is 8. The van der Waals surface area contributed by atoms with E-state index in [1.165, 1.54) is 0 Å². The van der Waals surface area contributed by atoms with E-state index in [-0.39, 0.29) is 11.9 Å². The van der Waals surface area contributed by atoms with Gasteiger partial charge in [-0.2, -0.15) is 0 Å². The molecule has 1 N–H and O–H groups in total. The third-order valence-corrected chi connectivity index (χ3v) is 5.45. The number of likely N-dealkylation sites (N-methyl/N-ethyl adjacent to an activating group) is 1. The number of nitrogens with zero attached hydrogens (tertiary/aromatic N) is 1. The molecule has 29 heavy (non-hydrogen) atoms. The molecule has 0 aliphatic rings. The summed E-state index contributed by atoms with van der Waals surface area (Å²) >= 11 is 6.15. The maximum absolute atomic E-state index is 12.8. The molecule has 7 heteroatoms. The minimum absolute atomic E-state index is 0.134. The molecule has 2 rings (SSSR count). The Bertz CT molecular complexity index is 886. The Morgan fingerprint density at radius 1 is 1.00 bits per heavy atom. The Labute approximate surface area is 177 Å². The zero-order chi connectivity index (χ0) is 21.7. The van der Waals surface area contributed by atoms with Crippen LogP contribution in [-0.4, -0.2) is 45.2 Å². The van der Waals surface area contributed by atoms with Crippen molar-refractivity contribution in [2.24, 2.45) is 0 Å². The number of ether oxygens (including phenoxy) is 3. The van der Waals surface area contributed by atoms with Gasteiger partial charge < -0.3 is 19.5 Å². The van der Waals surface area contributed by atoms with E-state index in [2.05, 4.69) is 5.32 Å². The lowest BCUT2D eigenvalue weighted by atomic mass is 10.1. The molecular formula is C22H29ClN2O4. The topological polar surface area (TPSA) is 60.0 Å². The molecule has 1 amide bonds.